The highest BCUT2D eigenvalue weighted by atomic mass is 16.5. The van der Waals surface area contributed by atoms with Crippen molar-refractivity contribution < 1.29 is 14.3 Å². The molecule has 0 aliphatic heterocycles. The number of amides is 1. The van der Waals surface area contributed by atoms with E-state index in [-0.39, 0.29) is 18.3 Å². The first-order valence-electron chi connectivity index (χ1n) is 5.81. The van der Waals surface area contributed by atoms with E-state index in [1.54, 1.807) is 25.1 Å². The van der Waals surface area contributed by atoms with Crippen molar-refractivity contribution in [2.24, 2.45) is 5.73 Å². The molecule has 0 saturated heterocycles. The Morgan fingerprint density at radius 3 is 2.78 bits per heavy atom. The molecule has 1 amide bonds. The Morgan fingerprint density at radius 1 is 1.44 bits per heavy atom. The van der Waals surface area contributed by atoms with Crippen molar-refractivity contribution in [3.05, 3.63) is 29.8 Å². The van der Waals surface area contributed by atoms with Crippen LogP contribution in [0.1, 0.15) is 31.9 Å². The first-order chi connectivity index (χ1) is 8.52. The van der Waals surface area contributed by atoms with Crippen molar-refractivity contribution in [1.29, 1.82) is 0 Å². The van der Waals surface area contributed by atoms with Crippen LogP contribution in [0, 0.1) is 0 Å². The highest BCUT2D eigenvalue weighted by molar-refractivity contribution is 5.88. The number of benzene rings is 1. The summed E-state index contributed by atoms with van der Waals surface area (Å²) in [6.07, 6.45) is 0.122. The number of anilines is 1. The molecular formula is C13H18N2O3. The minimum atomic E-state index is -0.433. The molecule has 0 spiro atoms. The second kappa shape index (κ2) is 6.76. The Labute approximate surface area is 106 Å². The number of nitrogens with one attached hydrogen (secondary N) is 1. The fourth-order valence-corrected chi connectivity index (χ4v) is 1.57. The van der Waals surface area contributed by atoms with Crippen LogP contribution < -0.4 is 11.1 Å². The van der Waals surface area contributed by atoms with Crippen molar-refractivity contribution in [2.75, 3.05) is 11.9 Å². The largest absolute Gasteiger partial charge is 0.466 e. The second-order valence-electron chi connectivity index (χ2n) is 3.92. The van der Waals surface area contributed by atoms with Gasteiger partial charge in [-0.1, -0.05) is 12.1 Å². The van der Waals surface area contributed by atoms with E-state index in [9.17, 15) is 9.59 Å². The summed E-state index contributed by atoms with van der Waals surface area (Å²) < 4.78 is 4.84. The Balaban J connectivity index is 2.70. The van der Waals surface area contributed by atoms with E-state index in [1.165, 1.54) is 6.92 Å². The first-order valence-corrected chi connectivity index (χ1v) is 5.81. The van der Waals surface area contributed by atoms with Gasteiger partial charge in [-0.25, -0.2) is 0 Å². The van der Waals surface area contributed by atoms with Crippen LogP contribution in [0.4, 0.5) is 5.69 Å². The summed E-state index contributed by atoms with van der Waals surface area (Å²) in [5.41, 5.74) is 7.36. The van der Waals surface area contributed by atoms with E-state index in [2.05, 4.69) is 5.32 Å². The molecule has 1 aromatic rings. The monoisotopic (exact) mass is 250 g/mol. The van der Waals surface area contributed by atoms with E-state index in [1.807, 2.05) is 6.07 Å². The van der Waals surface area contributed by atoms with Gasteiger partial charge < -0.3 is 15.8 Å². The molecule has 3 N–H and O–H groups in total. The maximum absolute atomic E-state index is 11.3. The van der Waals surface area contributed by atoms with Crippen molar-refractivity contribution >= 4 is 17.6 Å². The van der Waals surface area contributed by atoms with Gasteiger partial charge in [-0.2, -0.15) is 0 Å². The number of ether oxygens (including phenoxy) is 1. The zero-order valence-electron chi connectivity index (χ0n) is 10.6. The second-order valence-corrected chi connectivity index (χ2v) is 3.92. The lowest BCUT2D eigenvalue weighted by atomic mass is 10.0. The Kier molecular flexibility index (Phi) is 5.32. The van der Waals surface area contributed by atoms with Gasteiger partial charge in [-0.05, 0) is 24.6 Å². The lowest BCUT2D eigenvalue weighted by Gasteiger charge is -2.12. The zero-order chi connectivity index (χ0) is 13.5. The van der Waals surface area contributed by atoms with Crippen molar-refractivity contribution in [2.45, 2.75) is 26.3 Å². The Bertz CT molecular complexity index is 432. The van der Waals surface area contributed by atoms with E-state index < -0.39 is 6.04 Å². The number of nitrogens with two attached hydrogens (primary N) is 1. The molecule has 0 aromatic heterocycles. The van der Waals surface area contributed by atoms with Crippen LogP contribution in [0.25, 0.3) is 0 Å². The summed E-state index contributed by atoms with van der Waals surface area (Å²) in [6, 6.07) is 6.69. The summed E-state index contributed by atoms with van der Waals surface area (Å²) >= 11 is 0. The Morgan fingerprint density at radius 2 is 2.17 bits per heavy atom. The standard InChI is InChI=1S/C13H18N2O3/c1-3-18-13(17)8-12(14)10-5-4-6-11(7-10)15-9(2)16/h4-7,12H,3,8,14H2,1-2H3,(H,15,16). The molecule has 0 fully saturated rings. The molecule has 0 aliphatic rings. The van der Waals surface area contributed by atoms with Gasteiger partial charge >= 0.3 is 5.97 Å². The lowest BCUT2D eigenvalue weighted by molar-refractivity contribution is -0.143. The maximum atomic E-state index is 11.3. The molecular weight excluding hydrogens is 232 g/mol. The molecule has 0 saturated carbocycles. The first kappa shape index (κ1) is 14.2. The van der Waals surface area contributed by atoms with Crippen LogP contribution in [0.5, 0.6) is 0 Å². The van der Waals surface area contributed by atoms with Crippen LogP contribution in [0.2, 0.25) is 0 Å². The van der Waals surface area contributed by atoms with Crippen LogP contribution in [-0.2, 0) is 14.3 Å². The quantitative estimate of drug-likeness (QED) is 0.778. The summed E-state index contributed by atoms with van der Waals surface area (Å²) in [5, 5.41) is 2.67. The number of hydrogen-bond donors (Lipinski definition) is 2. The third-order valence-corrected chi connectivity index (χ3v) is 2.33. The average molecular weight is 250 g/mol. The minimum absolute atomic E-state index is 0.122. The highest BCUT2D eigenvalue weighted by Crippen LogP contribution is 2.18. The van der Waals surface area contributed by atoms with Crippen molar-refractivity contribution in [3.8, 4) is 0 Å². The number of carbonyl (C=O) groups is 2. The third-order valence-electron chi connectivity index (χ3n) is 2.33. The molecule has 5 heteroatoms. The van der Waals surface area contributed by atoms with Crippen molar-refractivity contribution in [1.82, 2.24) is 0 Å². The molecule has 0 aliphatic carbocycles. The number of esters is 1. The summed E-state index contributed by atoms with van der Waals surface area (Å²) in [4.78, 5) is 22.3. The molecule has 1 aromatic carbocycles. The van der Waals surface area contributed by atoms with E-state index in [0.717, 1.165) is 5.56 Å². The van der Waals surface area contributed by atoms with Gasteiger partial charge in [0.15, 0.2) is 0 Å². The smallest absolute Gasteiger partial charge is 0.307 e. The molecule has 98 valence electrons. The van der Waals surface area contributed by atoms with Crippen LogP contribution in [0.15, 0.2) is 24.3 Å². The van der Waals surface area contributed by atoms with Gasteiger partial charge in [0.1, 0.15) is 0 Å². The Hall–Kier alpha value is -1.88. The molecule has 5 nitrogen and oxygen atoms in total. The predicted octanol–water partition coefficient (Wildman–Crippen LogP) is 1.60. The molecule has 1 rings (SSSR count). The summed E-state index contributed by atoms with van der Waals surface area (Å²) in [6.45, 7) is 3.53. The van der Waals surface area contributed by atoms with Gasteiger partial charge in [0.05, 0.1) is 13.0 Å². The number of rotatable bonds is 5. The van der Waals surface area contributed by atoms with Crippen LogP contribution in [-0.4, -0.2) is 18.5 Å². The average Bonchev–Trinajstić information content (AvgIpc) is 2.28. The van der Waals surface area contributed by atoms with Gasteiger partial charge in [-0.3, -0.25) is 9.59 Å². The van der Waals surface area contributed by atoms with Crippen LogP contribution in [0.3, 0.4) is 0 Å². The molecule has 18 heavy (non-hydrogen) atoms. The molecule has 1 atom stereocenters. The third kappa shape index (κ3) is 4.55. The number of carbonyl (C=O) groups excluding carboxylic acids is 2. The minimum Gasteiger partial charge on any atom is -0.466 e. The van der Waals surface area contributed by atoms with E-state index >= 15 is 0 Å². The van der Waals surface area contributed by atoms with Gasteiger partial charge in [0, 0.05) is 18.7 Å². The van der Waals surface area contributed by atoms with E-state index in [0.29, 0.717) is 12.3 Å². The molecule has 0 heterocycles. The van der Waals surface area contributed by atoms with Crippen LogP contribution >= 0.6 is 0 Å². The fourth-order valence-electron chi connectivity index (χ4n) is 1.57. The fraction of sp³-hybridized carbons (Fsp3) is 0.385. The maximum Gasteiger partial charge on any atom is 0.307 e. The topological polar surface area (TPSA) is 81.4 Å². The molecule has 0 radical (unpaired) electrons. The summed E-state index contributed by atoms with van der Waals surface area (Å²) in [7, 11) is 0. The summed E-state index contributed by atoms with van der Waals surface area (Å²) in [5.74, 6) is -0.471. The van der Waals surface area contributed by atoms with Gasteiger partial charge in [0.2, 0.25) is 5.91 Å². The van der Waals surface area contributed by atoms with Gasteiger partial charge in [0.25, 0.3) is 0 Å². The number of hydrogen-bond acceptors (Lipinski definition) is 4. The molecule has 0 bridgehead atoms. The lowest BCUT2D eigenvalue weighted by Crippen LogP contribution is -2.17. The van der Waals surface area contributed by atoms with E-state index in [4.69, 9.17) is 10.5 Å². The predicted molar refractivity (Wildman–Crippen MR) is 68.9 cm³/mol. The SMILES string of the molecule is CCOC(=O)CC(N)c1cccc(NC(C)=O)c1. The van der Waals surface area contributed by atoms with Crippen molar-refractivity contribution in [3.63, 3.8) is 0 Å². The van der Waals surface area contributed by atoms with Gasteiger partial charge in [-0.15, -0.1) is 0 Å². The molecule has 1 unspecified atom stereocenters. The normalized spacial score (nSPS) is 11.7. The highest BCUT2D eigenvalue weighted by Gasteiger charge is 2.12. The zero-order valence-corrected chi connectivity index (χ0v) is 10.6.